The van der Waals surface area contributed by atoms with Crippen LogP contribution in [0.2, 0.25) is 0 Å². The van der Waals surface area contributed by atoms with Crippen LogP contribution < -0.4 is 5.32 Å². The van der Waals surface area contributed by atoms with Crippen molar-refractivity contribution in [2.45, 2.75) is 26.8 Å². The van der Waals surface area contributed by atoms with Gasteiger partial charge in [-0.15, -0.1) is 0 Å². The van der Waals surface area contributed by atoms with Crippen LogP contribution in [0.25, 0.3) is 0 Å². The van der Waals surface area contributed by atoms with Crippen molar-refractivity contribution in [2.75, 3.05) is 6.54 Å². The summed E-state index contributed by atoms with van der Waals surface area (Å²) in [5, 5.41) is 13.8. The topological polar surface area (TPSA) is 55.2 Å². The van der Waals surface area contributed by atoms with Gasteiger partial charge in [0.15, 0.2) is 0 Å². The summed E-state index contributed by atoms with van der Waals surface area (Å²) in [6, 6.07) is 3.52. The molecule has 0 aliphatic rings. The van der Waals surface area contributed by atoms with E-state index in [0.717, 1.165) is 19.0 Å². The SMILES string of the molecule is CCC(C)CNCc1cc(F)ccc1[N+](=O)[O-]. The zero-order chi connectivity index (χ0) is 12.8. The molecule has 0 radical (unpaired) electrons. The molecule has 0 heterocycles. The molecular weight excluding hydrogens is 223 g/mol. The molecule has 0 aromatic heterocycles. The fraction of sp³-hybridized carbons (Fsp3) is 0.500. The van der Waals surface area contributed by atoms with Crippen molar-refractivity contribution in [3.8, 4) is 0 Å². The van der Waals surface area contributed by atoms with Crippen molar-refractivity contribution in [3.05, 3.63) is 39.7 Å². The molecule has 4 nitrogen and oxygen atoms in total. The van der Waals surface area contributed by atoms with Crippen LogP contribution in [0.3, 0.4) is 0 Å². The maximum Gasteiger partial charge on any atom is 0.274 e. The first-order valence-corrected chi connectivity index (χ1v) is 5.68. The molecule has 1 rings (SSSR count). The third kappa shape index (κ3) is 4.11. The summed E-state index contributed by atoms with van der Waals surface area (Å²) in [4.78, 5) is 10.3. The van der Waals surface area contributed by atoms with Crippen LogP contribution in [-0.4, -0.2) is 11.5 Å². The Morgan fingerprint density at radius 3 is 2.82 bits per heavy atom. The molecule has 1 aromatic rings. The van der Waals surface area contributed by atoms with Gasteiger partial charge in [0, 0.05) is 18.2 Å². The number of nitro benzene ring substituents is 1. The van der Waals surface area contributed by atoms with E-state index in [-0.39, 0.29) is 5.69 Å². The third-order valence-corrected chi connectivity index (χ3v) is 2.74. The lowest BCUT2D eigenvalue weighted by atomic mass is 10.1. The molecule has 5 heteroatoms. The maximum atomic E-state index is 13.0. The van der Waals surface area contributed by atoms with Gasteiger partial charge < -0.3 is 5.32 Å². The molecule has 0 amide bonds. The van der Waals surface area contributed by atoms with Crippen LogP contribution in [0.1, 0.15) is 25.8 Å². The van der Waals surface area contributed by atoms with Crippen LogP contribution in [0.4, 0.5) is 10.1 Å². The molecule has 1 unspecified atom stereocenters. The van der Waals surface area contributed by atoms with E-state index in [1.54, 1.807) is 0 Å². The monoisotopic (exact) mass is 240 g/mol. The van der Waals surface area contributed by atoms with E-state index < -0.39 is 10.7 Å². The van der Waals surface area contributed by atoms with E-state index in [2.05, 4.69) is 19.2 Å². The second-order valence-corrected chi connectivity index (χ2v) is 4.17. The molecule has 0 saturated heterocycles. The number of benzene rings is 1. The normalized spacial score (nSPS) is 12.4. The highest BCUT2D eigenvalue weighted by Crippen LogP contribution is 2.19. The smallest absolute Gasteiger partial charge is 0.274 e. The Bertz CT molecular complexity index is 396. The predicted octanol–water partition coefficient (Wildman–Crippen LogP) is 2.87. The maximum absolute atomic E-state index is 13.0. The lowest BCUT2D eigenvalue weighted by Gasteiger charge is -2.10. The van der Waals surface area contributed by atoms with E-state index in [4.69, 9.17) is 0 Å². The number of nitrogens with zero attached hydrogens (tertiary/aromatic N) is 1. The molecule has 17 heavy (non-hydrogen) atoms. The van der Waals surface area contributed by atoms with Gasteiger partial charge in [0.2, 0.25) is 0 Å². The first-order valence-electron chi connectivity index (χ1n) is 5.68. The van der Waals surface area contributed by atoms with Crippen molar-refractivity contribution < 1.29 is 9.31 Å². The van der Waals surface area contributed by atoms with Crippen LogP contribution >= 0.6 is 0 Å². The van der Waals surface area contributed by atoms with Gasteiger partial charge in [-0.3, -0.25) is 10.1 Å². The van der Waals surface area contributed by atoms with E-state index in [1.165, 1.54) is 12.1 Å². The minimum Gasteiger partial charge on any atom is -0.312 e. The Labute approximate surface area is 100.0 Å². The van der Waals surface area contributed by atoms with Gasteiger partial charge in [0.25, 0.3) is 5.69 Å². The molecule has 0 spiro atoms. The first kappa shape index (κ1) is 13.6. The summed E-state index contributed by atoms with van der Waals surface area (Å²) < 4.78 is 13.0. The highest BCUT2D eigenvalue weighted by Gasteiger charge is 2.13. The average molecular weight is 240 g/mol. The number of nitrogens with one attached hydrogen (secondary N) is 1. The molecule has 0 fully saturated rings. The minimum atomic E-state index is -0.486. The Morgan fingerprint density at radius 2 is 2.24 bits per heavy atom. The molecular formula is C12H17FN2O2. The minimum absolute atomic E-state index is 0.0388. The number of halogens is 1. The number of hydrogen-bond donors (Lipinski definition) is 1. The number of rotatable bonds is 6. The largest absolute Gasteiger partial charge is 0.312 e. The summed E-state index contributed by atoms with van der Waals surface area (Å²) in [6.45, 7) is 5.26. The van der Waals surface area contributed by atoms with Gasteiger partial charge in [-0.1, -0.05) is 20.3 Å². The second kappa shape index (κ2) is 6.30. The fourth-order valence-corrected chi connectivity index (χ4v) is 1.47. The molecule has 0 aliphatic carbocycles. The fourth-order valence-electron chi connectivity index (χ4n) is 1.47. The lowest BCUT2D eigenvalue weighted by Crippen LogP contribution is -2.20. The number of hydrogen-bond acceptors (Lipinski definition) is 3. The van der Waals surface area contributed by atoms with Gasteiger partial charge in [-0.05, 0) is 24.6 Å². The average Bonchev–Trinajstić information content (AvgIpc) is 2.28. The third-order valence-electron chi connectivity index (χ3n) is 2.74. The van der Waals surface area contributed by atoms with Gasteiger partial charge >= 0.3 is 0 Å². The van der Waals surface area contributed by atoms with Gasteiger partial charge in [-0.2, -0.15) is 0 Å². The molecule has 0 bridgehead atoms. The Kier molecular flexibility index (Phi) is 5.03. The zero-order valence-electron chi connectivity index (χ0n) is 10.1. The van der Waals surface area contributed by atoms with Gasteiger partial charge in [0.05, 0.1) is 4.92 Å². The predicted molar refractivity (Wildman–Crippen MR) is 64.2 cm³/mol. The molecule has 1 atom stereocenters. The van der Waals surface area contributed by atoms with Crippen molar-refractivity contribution in [1.29, 1.82) is 0 Å². The quantitative estimate of drug-likeness (QED) is 0.614. The van der Waals surface area contributed by atoms with Gasteiger partial charge in [-0.25, -0.2) is 4.39 Å². The molecule has 1 N–H and O–H groups in total. The molecule has 0 aliphatic heterocycles. The Balaban J connectivity index is 2.68. The Morgan fingerprint density at radius 1 is 1.53 bits per heavy atom. The van der Waals surface area contributed by atoms with Crippen molar-refractivity contribution in [1.82, 2.24) is 5.32 Å². The highest BCUT2D eigenvalue weighted by molar-refractivity contribution is 5.40. The second-order valence-electron chi connectivity index (χ2n) is 4.17. The molecule has 0 saturated carbocycles. The van der Waals surface area contributed by atoms with Crippen molar-refractivity contribution >= 4 is 5.69 Å². The Hall–Kier alpha value is -1.49. The number of nitro groups is 1. The van der Waals surface area contributed by atoms with Gasteiger partial charge in [0.1, 0.15) is 5.82 Å². The summed E-state index contributed by atoms with van der Waals surface area (Å²) in [6.07, 6.45) is 1.04. The van der Waals surface area contributed by atoms with Crippen LogP contribution in [0.15, 0.2) is 18.2 Å². The van der Waals surface area contributed by atoms with E-state index in [9.17, 15) is 14.5 Å². The van der Waals surface area contributed by atoms with Crippen LogP contribution in [-0.2, 0) is 6.54 Å². The zero-order valence-corrected chi connectivity index (χ0v) is 10.1. The van der Waals surface area contributed by atoms with E-state index in [1.807, 2.05) is 0 Å². The molecule has 1 aromatic carbocycles. The van der Waals surface area contributed by atoms with Crippen LogP contribution in [0.5, 0.6) is 0 Å². The summed E-state index contributed by atoms with van der Waals surface area (Å²) in [5.74, 6) is 0.0542. The summed E-state index contributed by atoms with van der Waals surface area (Å²) in [7, 11) is 0. The first-order chi connectivity index (χ1) is 8.04. The lowest BCUT2D eigenvalue weighted by molar-refractivity contribution is -0.385. The van der Waals surface area contributed by atoms with E-state index >= 15 is 0 Å². The summed E-state index contributed by atoms with van der Waals surface area (Å²) >= 11 is 0. The summed E-state index contributed by atoms with van der Waals surface area (Å²) in [5.41, 5.74) is 0.348. The van der Waals surface area contributed by atoms with Crippen LogP contribution in [0, 0.1) is 21.8 Å². The van der Waals surface area contributed by atoms with E-state index in [0.29, 0.717) is 18.0 Å². The highest BCUT2D eigenvalue weighted by atomic mass is 19.1. The molecule has 94 valence electrons. The van der Waals surface area contributed by atoms with Crippen molar-refractivity contribution in [3.63, 3.8) is 0 Å². The van der Waals surface area contributed by atoms with Crippen molar-refractivity contribution in [2.24, 2.45) is 5.92 Å². The standard InChI is InChI=1S/C12H17FN2O2/c1-3-9(2)7-14-8-10-6-11(13)4-5-12(10)15(16)17/h4-6,9,14H,3,7-8H2,1-2H3.